The molecule has 0 aromatic heterocycles. The van der Waals surface area contributed by atoms with Gasteiger partial charge >= 0.3 is 0 Å². The van der Waals surface area contributed by atoms with Crippen LogP contribution in [-0.4, -0.2) is 5.25 Å². The molecule has 0 radical (unpaired) electrons. The molecule has 0 heterocycles. The van der Waals surface area contributed by atoms with E-state index in [1.165, 1.54) is 16.0 Å². The molecule has 0 spiro atoms. The van der Waals surface area contributed by atoms with E-state index >= 15 is 0 Å². The average Bonchev–Trinajstić information content (AvgIpc) is 1.98. The maximum Gasteiger partial charge on any atom is 0.0465 e. The lowest BCUT2D eigenvalue weighted by atomic mass is 10.2. The van der Waals surface area contributed by atoms with Crippen LogP contribution in [0.3, 0.4) is 0 Å². The highest BCUT2D eigenvalue weighted by Crippen LogP contribution is 2.29. The quantitative estimate of drug-likeness (QED) is 0.656. The van der Waals surface area contributed by atoms with Gasteiger partial charge in [-0.05, 0) is 37.1 Å². The third-order valence-electron chi connectivity index (χ3n) is 1.78. The Bertz CT molecular complexity index is 282. The second-order valence-corrected chi connectivity index (χ2v) is 5.57. The maximum atomic E-state index is 6.08. The number of halogens is 1. The Morgan fingerprint density at radius 3 is 2.00 bits per heavy atom. The van der Waals surface area contributed by atoms with Crippen LogP contribution in [0.25, 0.3) is 0 Å². The number of aryl methyl sites for hydroxylation is 2. The van der Waals surface area contributed by atoms with Crippen molar-refractivity contribution in [2.75, 3.05) is 0 Å². The van der Waals surface area contributed by atoms with Crippen LogP contribution in [0.15, 0.2) is 17.0 Å². The van der Waals surface area contributed by atoms with Crippen molar-refractivity contribution in [3.05, 3.63) is 28.3 Å². The summed E-state index contributed by atoms with van der Waals surface area (Å²) in [6.45, 7) is 8.51. The smallest absolute Gasteiger partial charge is 0.0465 e. The van der Waals surface area contributed by atoms with Crippen molar-refractivity contribution in [1.82, 2.24) is 0 Å². The van der Waals surface area contributed by atoms with Crippen LogP contribution in [0.4, 0.5) is 0 Å². The summed E-state index contributed by atoms with van der Waals surface area (Å²) in [6.07, 6.45) is 0. The first-order valence-corrected chi connectivity index (χ1v) is 5.70. The lowest BCUT2D eigenvalue weighted by Crippen LogP contribution is -1.88. The van der Waals surface area contributed by atoms with Crippen LogP contribution in [-0.2, 0) is 0 Å². The van der Waals surface area contributed by atoms with Crippen LogP contribution >= 0.6 is 23.4 Å². The zero-order valence-corrected chi connectivity index (χ0v) is 10.1. The van der Waals surface area contributed by atoms with E-state index in [1.54, 1.807) is 0 Å². The van der Waals surface area contributed by atoms with Gasteiger partial charge in [-0.3, -0.25) is 0 Å². The molecule has 0 aliphatic heterocycles. The molecule has 0 saturated heterocycles. The van der Waals surface area contributed by atoms with Gasteiger partial charge in [0.15, 0.2) is 0 Å². The van der Waals surface area contributed by atoms with E-state index in [-0.39, 0.29) is 0 Å². The van der Waals surface area contributed by atoms with Crippen LogP contribution in [0, 0.1) is 13.8 Å². The van der Waals surface area contributed by atoms with E-state index in [0.29, 0.717) is 5.25 Å². The summed E-state index contributed by atoms with van der Waals surface area (Å²) in [5, 5.41) is 1.52. The Morgan fingerprint density at radius 2 is 1.62 bits per heavy atom. The van der Waals surface area contributed by atoms with E-state index in [1.807, 2.05) is 11.8 Å². The molecule has 0 aliphatic rings. The molecular formula is C11H15ClS. The van der Waals surface area contributed by atoms with Crippen LogP contribution in [0.2, 0.25) is 5.02 Å². The Morgan fingerprint density at radius 1 is 1.15 bits per heavy atom. The molecule has 1 rings (SSSR count). The van der Waals surface area contributed by atoms with Crippen molar-refractivity contribution in [2.45, 2.75) is 37.8 Å². The Kier molecular flexibility index (Phi) is 3.69. The minimum absolute atomic E-state index is 0.625. The van der Waals surface area contributed by atoms with E-state index in [9.17, 15) is 0 Å². The summed E-state index contributed by atoms with van der Waals surface area (Å²) in [6, 6.07) is 4.31. The summed E-state index contributed by atoms with van der Waals surface area (Å²) in [4.78, 5) is 1.31. The Balaban J connectivity index is 2.99. The molecule has 0 unspecified atom stereocenters. The third-order valence-corrected chi connectivity index (χ3v) is 3.36. The van der Waals surface area contributed by atoms with Gasteiger partial charge in [0.25, 0.3) is 0 Å². The molecule has 0 nitrogen and oxygen atoms in total. The fourth-order valence-electron chi connectivity index (χ4n) is 1.25. The van der Waals surface area contributed by atoms with Gasteiger partial charge in [-0.25, -0.2) is 0 Å². The number of benzene rings is 1. The lowest BCUT2D eigenvalue weighted by Gasteiger charge is -2.09. The van der Waals surface area contributed by atoms with Gasteiger partial charge < -0.3 is 0 Å². The zero-order valence-electron chi connectivity index (χ0n) is 8.52. The molecule has 0 atom stereocenters. The normalized spacial score (nSPS) is 10.9. The van der Waals surface area contributed by atoms with Gasteiger partial charge in [-0.1, -0.05) is 25.4 Å². The second kappa shape index (κ2) is 4.39. The minimum atomic E-state index is 0.625. The highest BCUT2D eigenvalue weighted by Gasteiger charge is 2.04. The lowest BCUT2D eigenvalue weighted by molar-refractivity contribution is 1.11. The first kappa shape index (κ1) is 10.9. The van der Waals surface area contributed by atoms with Crippen LogP contribution < -0.4 is 0 Å². The molecule has 0 aliphatic carbocycles. The summed E-state index contributed by atoms with van der Waals surface area (Å²) < 4.78 is 0. The van der Waals surface area contributed by atoms with Gasteiger partial charge in [-0.2, -0.15) is 0 Å². The molecule has 0 bridgehead atoms. The van der Waals surface area contributed by atoms with Crippen molar-refractivity contribution in [3.63, 3.8) is 0 Å². The van der Waals surface area contributed by atoms with Crippen molar-refractivity contribution in [2.24, 2.45) is 0 Å². The molecule has 1 aromatic rings. The van der Waals surface area contributed by atoms with Gasteiger partial charge in [0.2, 0.25) is 0 Å². The molecular weight excluding hydrogens is 200 g/mol. The average molecular weight is 215 g/mol. The van der Waals surface area contributed by atoms with Gasteiger partial charge in [-0.15, -0.1) is 11.8 Å². The Labute approximate surface area is 89.7 Å². The Hall–Kier alpha value is -0.140. The number of hydrogen-bond donors (Lipinski definition) is 0. The fourth-order valence-corrected chi connectivity index (χ4v) is 2.39. The predicted octanol–water partition coefficient (Wildman–Crippen LogP) is 4.46. The highest BCUT2D eigenvalue weighted by molar-refractivity contribution is 7.99. The predicted molar refractivity (Wildman–Crippen MR) is 61.9 cm³/mol. The maximum absolute atomic E-state index is 6.08. The van der Waals surface area contributed by atoms with Crippen molar-refractivity contribution < 1.29 is 0 Å². The standard InChI is InChI=1S/C11H15ClS/c1-7(2)13-10-5-8(3)11(12)9(4)6-10/h5-7H,1-4H3. The summed E-state index contributed by atoms with van der Waals surface area (Å²) >= 11 is 7.95. The molecule has 72 valence electrons. The summed E-state index contributed by atoms with van der Waals surface area (Å²) in [5.41, 5.74) is 2.34. The zero-order chi connectivity index (χ0) is 10.0. The molecule has 13 heavy (non-hydrogen) atoms. The third kappa shape index (κ3) is 2.92. The SMILES string of the molecule is Cc1cc(SC(C)C)cc(C)c1Cl. The number of thioether (sulfide) groups is 1. The highest BCUT2D eigenvalue weighted by atomic mass is 35.5. The van der Waals surface area contributed by atoms with Gasteiger partial charge in [0.05, 0.1) is 0 Å². The van der Waals surface area contributed by atoms with Gasteiger partial charge in [0.1, 0.15) is 0 Å². The van der Waals surface area contributed by atoms with Crippen LogP contribution in [0.5, 0.6) is 0 Å². The monoisotopic (exact) mass is 214 g/mol. The fraction of sp³-hybridized carbons (Fsp3) is 0.455. The van der Waals surface area contributed by atoms with Gasteiger partial charge in [0, 0.05) is 15.2 Å². The minimum Gasteiger partial charge on any atom is -0.123 e. The van der Waals surface area contributed by atoms with Crippen LogP contribution in [0.1, 0.15) is 25.0 Å². The number of rotatable bonds is 2. The number of hydrogen-bond acceptors (Lipinski definition) is 1. The van der Waals surface area contributed by atoms with E-state index in [2.05, 4.69) is 39.8 Å². The van der Waals surface area contributed by atoms with Crippen molar-refractivity contribution in [3.8, 4) is 0 Å². The summed E-state index contributed by atoms with van der Waals surface area (Å²) in [5.74, 6) is 0. The van der Waals surface area contributed by atoms with E-state index in [0.717, 1.165) is 5.02 Å². The molecule has 1 aromatic carbocycles. The summed E-state index contributed by atoms with van der Waals surface area (Å²) in [7, 11) is 0. The van der Waals surface area contributed by atoms with Crippen molar-refractivity contribution in [1.29, 1.82) is 0 Å². The topological polar surface area (TPSA) is 0 Å². The first-order chi connectivity index (χ1) is 6.00. The van der Waals surface area contributed by atoms with Crippen molar-refractivity contribution >= 4 is 23.4 Å². The molecule has 0 saturated carbocycles. The molecule has 0 fully saturated rings. The largest absolute Gasteiger partial charge is 0.123 e. The first-order valence-electron chi connectivity index (χ1n) is 4.44. The van der Waals surface area contributed by atoms with E-state index in [4.69, 9.17) is 11.6 Å². The van der Waals surface area contributed by atoms with E-state index < -0.39 is 0 Å². The second-order valence-electron chi connectivity index (χ2n) is 3.54. The molecule has 0 amide bonds. The molecule has 0 N–H and O–H groups in total. The molecule has 2 heteroatoms.